The van der Waals surface area contributed by atoms with Crippen LogP contribution in [0.25, 0.3) is 28.0 Å². The normalized spacial score (nSPS) is 15.7. The number of carbonyl (C=O) groups is 2. The Bertz CT molecular complexity index is 1610. The van der Waals surface area contributed by atoms with Crippen LogP contribution in [0.15, 0.2) is 65.9 Å². The molecular formula is C40H54N4O2. The molecule has 0 spiro atoms. The molecule has 6 heteroatoms. The molecule has 6 nitrogen and oxygen atoms in total. The summed E-state index contributed by atoms with van der Waals surface area (Å²) in [5.41, 5.74) is 6.52. The number of nitrogens with one attached hydrogen (secondary N) is 2. The number of benzene rings is 2. The van der Waals surface area contributed by atoms with Crippen molar-refractivity contribution in [2.24, 2.45) is 27.2 Å². The van der Waals surface area contributed by atoms with E-state index in [9.17, 15) is 9.59 Å². The van der Waals surface area contributed by atoms with Gasteiger partial charge in [0.05, 0.1) is 17.8 Å². The second-order valence-electron chi connectivity index (χ2n) is 17.3. The van der Waals surface area contributed by atoms with Crippen molar-refractivity contribution in [1.82, 2.24) is 15.3 Å². The monoisotopic (exact) mass is 622 g/mol. The fourth-order valence-electron chi connectivity index (χ4n) is 6.31. The maximum Gasteiger partial charge on any atom is 0.231 e. The van der Waals surface area contributed by atoms with E-state index in [1.165, 1.54) is 0 Å². The summed E-state index contributed by atoms with van der Waals surface area (Å²) in [7, 11) is 0. The number of H-pyrrole nitrogens is 1. The van der Waals surface area contributed by atoms with E-state index in [1.54, 1.807) is 0 Å². The van der Waals surface area contributed by atoms with Crippen molar-refractivity contribution < 1.29 is 9.59 Å². The number of allylic oxidation sites excluding steroid dienone is 1. The summed E-state index contributed by atoms with van der Waals surface area (Å²) in [6.45, 7) is 24.9. The van der Waals surface area contributed by atoms with Gasteiger partial charge in [-0.15, -0.1) is 0 Å². The zero-order valence-electron chi connectivity index (χ0n) is 30.1. The number of aromatic nitrogens is 2. The molecule has 2 unspecified atom stereocenters. The Balaban J connectivity index is 1.46. The number of hydrogen-bond acceptors (Lipinski definition) is 4. The van der Waals surface area contributed by atoms with Gasteiger partial charge >= 0.3 is 0 Å². The molecule has 0 bridgehead atoms. The molecule has 3 aromatic rings. The first kappa shape index (κ1) is 35.1. The SMILES string of the molecule is CC(C)(C)CC(=O)C(C1=NC=C(c2ccc(-c3ccc(-c4cnc(C(C(=O)NC(C)(C)C)C(C)(C)C)[nH]4)cc3)cc2)C1)C(C)(C)C. The van der Waals surface area contributed by atoms with Gasteiger partial charge in [0.25, 0.3) is 0 Å². The van der Waals surface area contributed by atoms with Crippen LogP contribution >= 0.6 is 0 Å². The number of aromatic amines is 1. The van der Waals surface area contributed by atoms with Crippen molar-refractivity contribution in [2.75, 3.05) is 0 Å². The maximum absolute atomic E-state index is 13.4. The van der Waals surface area contributed by atoms with E-state index in [4.69, 9.17) is 4.99 Å². The van der Waals surface area contributed by atoms with Crippen LogP contribution in [0.3, 0.4) is 0 Å². The second-order valence-corrected chi connectivity index (χ2v) is 17.3. The fraction of sp³-hybridized carbons (Fsp3) is 0.500. The number of ketones is 1. The van der Waals surface area contributed by atoms with Crippen LogP contribution in [0.5, 0.6) is 0 Å². The summed E-state index contributed by atoms with van der Waals surface area (Å²) in [5.74, 6) is 0.324. The lowest BCUT2D eigenvalue weighted by Crippen LogP contribution is -2.46. The Morgan fingerprint density at radius 3 is 1.72 bits per heavy atom. The first-order chi connectivity index (χ1) is 21.1. The van der Waals surface area contributed by atoms with E-state index in [-0.39, 0.29) is 39.4 Å². The average Bonchev–Trinajstić information content (AvgIpc) is 3.56. The van der Waals surface area contributed by atoms with Gasteiger partial charge < -0.3 is 10.3 Å². The molecule has 0 fully saturated rings. The fourth-order valence-corrected chi connectivity index (χ4v) is 6.31. The van der Waals surface area contributed by atoms with Crippen LogP contribution in [-0.2, 0) is 9.59 Å². The van der Waals surface area contributed by atoms with Crippen molar-refractivity contribution in [3.05, 3.63) is 72.3 Å². The van der Waals surface area contributed by atoms with E-state index in [0.717, 1.165) is 39.2 Å². The van der Waals surface area contributed by atoms with Gasteiger partial charge in [-0.3, -0.25) is 14.6 Å². The Hall–Kier alpha value is -3.80. The number of rotatable bonds is 8. The largest absolute Gasteiger partial charge is 0.351 e. The highest BCUT2D eigenvalue weighted by atomic mass is 16.2. The molecule has 2 N–H and O–H groups in total. The molecule has 0 radical (unpaired) electrons. The molecule has 1 aromatic heterocycles. The molecule has 246 valence electrons. The summed E-state index contributed by atoms with van der Waals surface area (Å²) < 4.78 is 0. The summed E-state index contributed by atoms with van der Waals surface area (Å²) in [5, 5.41) is 3.12. The number of amides is 1. The topological polar surface area (TPSA) is 87.2 Å². The van der Waals surface area contributed by atoms with E-state index in [2.05, 4.69) is 126 Å². The predicted molar refractivity (Wildman–Crippen MR) is 192 cm³/mol. The third kappa shape index (κ3) is 8.71. The summed E-state index contributed by atoms with van der Waals surface area (Å²) >= 11 is 0. The quantitative estimate of drug-likeness (QED) is 0.262. The average molecular weight is 623 g/mol. The minimum atomic E-state index is -0.405. The maximum atomic E-state index is 13.4. The summed E-state index contributed by atoms with van der Waals surface area (Å²) in [6, 6.07) is 17.0. The first-order valence-corrected chi connectivity index (χ1v) is 16.5. The molecule has 2 atom stereocenters. The molecule has 0 saturated heterocycles. The molecule has 1 amide bonds. The predicted octanol–water partition coefficient (Wildman–Crippen LogP) is 9.64. The molecular weight excluding hydrogens is 568 g/mol. The standard InChI is InChI=1S/C40H54N4O2/c1-37(2,3)22-32(45)33(38(4,5)6)30-21-29(23-41-30)27-15-13-25(14-16-27)26-17-19-28(20-18-26)31-24-42-35(43-31)34(39(7,8)9)36(46)44-40(10,11)12/h13-20,23-24,33-34H,21-22H2,1-12H3,(H,42,43)(H,44,46). The third-order valence-electron chi connectivity index (χ3n) is 8.26. The van der Waals surface area contributed by atoms with Crippen LogP contribution < -0.4 is 5.32 Å². The number of nitrogens with zero attached hydrogens (tertiary/aromatic N) is 2. The second kappa shape index (κ2) is 12.8. The van der Waals surface area contributed by atoms with E-state index >= 15 is 0 Å². The van der Waals surface area contributed by atoms with Crippen LogP contribution in [0.4, 0.5) is 0 Å². The Labute approximate surface area is 276 Å². The minimum absolute atomic E-state index is 0.0288. The van der Waals surface area contributed by atoms with Gasteiger partial charge in [0, 0.05) is 30.3 Å². The van der Waals surface area contributed by atoms with Crippen molar-refractivity contribution in [3.8, 4) is 22.4 Å². The molecule has 1 aliphatic rings. The zero-order chi connectivity index (χ0) is 34.2. The highest BCUT2D eigenvalue weighted by Gasteiger charge is 2.38. The van der Waals surface area contributed by atoms with Crippen LogP contribution in [0.2, 0.25) is 0 Å². The number of aliphatic imine (C=N–C) groups is 1. The third-order valence-corrected chi connectivity index (χ3v) is 8.26. The molecule has 46 heavy (non-hydrogen) atoms. The Morgan fingerprint density at radius 2 is 1.24 bits per heavy atom. The van der Waals surface area contributed by atoms with E-state index in [0.29, 0.717) is 18.7 Å². The lowest BCUT2D eigenvalue weighted by atomic mass is 9.71. The van der Waals surface area contributed by atoms with Crippen molar-refractivity contribution >= 4 is 23.0 Å². The Morgan fingerprint density at radius 1 is 0.739 bits per heavy atom. The minimum Gasteiger partial charge on any atom is -0.351 e. The van der Waals surface area contributed by atoms with Crippen LogP contribution in [0, 0.1) is 22.2 Å². The smallest absolute Gasteiger partial charge is 0.231 e. The van der Waals surface area contributed by atoms with Gasteiger partial charge in [0.15, 0.2) is 0 Å². The van der Waals surface area contributed by atoms with Gasteiger partial charge in [-0.1, -0.05) is 111 Å². The van der Waals surface area contributed by atoms with E-state index in [1.807, 2.05) is 33.2 Å². The van der Waals surface area contributed by atoms with Gasteiger partial charge in [-0.2, -0.15) is 0 Å². The highest BCUT2D eigenvalue weighted by Crippen LogP contribution is 2.38. The number of carbonyl (C=O) groups excluding carboxylic acids is 2. The van der Waals surface area contributed by atoms with Gasteiger partial charge in [0.1, 0.15) is 17.5 Å². The lowest BCUT2D eigenvalue weighted by Gasteiger charge is -2.32. The lowest BCUT2D eigenvalue weighted by molar-refractivity contribution is -0.127. The zero-order valence-corrected chi connectivity index (χ0v) is 30.1. The molecule has 4 rings (SSSR count). The van der Waals surface area contributed by atoms with Crippen molar-refractivity contribution in [1.29, 1.82) is 0 Å². The number of hydrogen-bond donors (Lipinski definition) is 2. The van der Waals surface area contributed by atoms with Crippen LogP contribution in [0.1, 0.15) is 113 Å². The van der Waals surface area contributed by atoms with Gasteiger partial charge in [-0.05, 0) is 64.8 Å². The van der Waals surface area contributed by atoms with E-state index < -0.39 is 5.92 Å². The van der Waals surface area contributed by atoms with Crippen molar-refractivity contribution in [2.45, 2.75) is 107 Å². The molecule has 2 aromatic carbocycles. The van der Waals surface area contributed by atoms with Gasteiger partial charge in [0.2, 0.25) is 5.91 Å². The first-order valence-electron chi connectivity index (χ1n) is 16.5. The van der Waals surface area contributed by atoms with Crippen molar-refractivity contribution in [3.63, 3.8) is 0 Å². The molecule has 0 saturated carbocycles. The highest BCUT2D eigenvalue weighted by molar-refractivity contribution is 6.11. The number of Topliss-reactive ketones (excluding diaryl/α,β-unsaturated/α-hetero) is 1. The molecule has 1 aliphatic heterocycles. The molecule has 0 aliphatic carbocycles. The Kier molecular flexibility index (Phi) is 9.74. The summed E-state index contributed by atoms with van der Waals surface area (Å²) in [4.78, 5) is 39.5. The van der Waals surface area contributed by atoms with Gasteiger partial charge in [-0.25, -0.2) is 4.98 Å². The molecule has 2 heterocycles. The van der Waals surface area contributed by atoms with Crippen LogP contribution in [-0.4, -0.2) is 32.9 Å². The number of imidazole rings is 1. The summed E-state index contributed by atoms with van der Waals surface area (Å²) in [6.07, 6.45) is 5.00.